The van der Waals surface area contributed by atoms with E-state index in [1.165, 1.54) is 6.07 Å². The van der Waals surface area contributed by atoms with Gasteiger partial charge in [0.1, 0.15) is 11.6 Å². The minimum absolute atomic E-state index is 0.266. The molecule has 0 radical (unpaired) electrons. The number of nitriles is 1. The zero-order valence-corrected chi connectivity index (χ0v) is 14.7. The van der Waals surface area contributed by atoms with E-state index in [1.54, 1.807) is 19.2 Å². The Bertz CT molecular complexity index is 770. The standard InChI is InChI=1S/C18H22FN5O/c1-4-16-14(17(5-2)25-24-16)11-23-18(21-3)22-10-13-7-6-12(9-20)8-15(13)19/h6-8H,4-5,10-11H2,1-3H3,(H2,21,22,23). The van der Waals surface area contributed by atoms with Crippen LogP contribution < -0.4 is 10.6 Å². The van der Waals surface area contributed by atoms with Gasteiger partial charge >= 0.3 is 0 Å². The molecule has 0 bridgehead atoms. The van der Waals surface area contributed by atoms with Crippen molar-refractivity contribution in [1.82, 2.24) is 15.8 Å². The molecule has 2 rings (SSSR count). The maximum absolute atomic E-state index is 13.9. The average Bonchev–Trinajstić information content (AvgIpc) is 3.04. The second-order valence-electron chi connectivity index (χ2n) is 5.44. The SMILES string of the molecule is CCc1noc(CC)c1CNC(=NC)NCc1ccc(C#N)cc1F. The second kappa shape index (κ2) is 8.83. The summed E-state index contributed by atoms with van der Waals surface area (Å²) in [5.74, 6) is 0.995. The first-order valence-electron chi connectivity index (χ1n) is 8.22. The lowest BCUT2D eigenvalue weighted by Gasteiger charge is -2.12. The molecule has 0 amide bonds. The van der Waals surface area contributed by atoms with Gasteiger partial charge < -0.3 is 15.2 Å². The number of aryl methyl sites for hydroxylation is 2. The third kappa shape index (κ3) is 4.57. The maximum Gasteiger partial charge on any atom is 0.191 e. The first kappa shape index (κ1) is 18.5. The van der Waals surface area contributed by atoms with Gasteiger partial charge in [-0.2, -0.15) is 5.26 Å². The number of nitrogens with one attached hydrogen (secondary N) is 2. The Balaban J connectivity index is 1.98. The lowest BCUT2D eigenvalue weighted by molar-refractivity contribution is 0.380. The predicted octanol–water partition coefficient (Wildman–Crippen LogP) is 2.68. The zero-order chi connectivity index (χ0) is 18.2. The Morgan fingerprint density at radius 2 is 2.04 bits per heavy atom. The number of rotatable bonds is 6. The molecule has 0 unspecified atom stereocenters. The van der Waals surface area contributed by atoms with E-state index in [2.05, 4.69) is 20.8 Å². The smallest absolute Gasteiger partial charge is 0.191 e. The molecule has 0 fully saturated rings. The van der Waals surface area contributed by atoms with Crippen molar-refractivity contribution in [2.75, 3.05) is 7.05 Å². The third-order valence-electron chi connectivity index (χ3n) is 3.89. The molecule has 25 heavy (non-hydrogen) atoms. The van der Waals surface area contributed by atoms with E-state index in [0.717, 1.165) is 29.9 Å². The van der Waals surface area contributed by atoms with Gasteiger partial charge in [0.2, 0.25) is 0 Å². The lowest BCUT2D eigenvalue weighted by atomic mass is 10.1. The number of nitrogens with zero attached hydrogens (tertiary/aromatic N) is 3. The van der Waals surface area contributed by atoms with E-state index in [0.29, 0.717) is 23.6 Å². The molecule has 1 aromatic heterocycles. The molecule has 0 aliphatic heterocycles. The zero-order valence-electron chi connectivity index (χ0n) is 14.7. The van der Waals surface area contributed by atoms with E-state index in [-0.39, 0.29) is 6.54 Å². The highest BCUT2D eigenvalue weighted by Gasteiger charge is 2.13. The van der Waals surface area contributed by atoms with Crippen LogP contribution in [0.3, 0.4) is 0 Å². The number of aromatic nitrogens is 1. The minimum atomic E-state index is -0.414. The van der Waals surface area contributed by atoms with Crippen molar-refractivity contribution in [3.8, 4) is 6.07 Å². The lowest BCUT2D eigenvalue weighted by Crippen LogP contribution is -2.36. The molecular weight excluding hydrogens is 321 g/mol. The topological polar surface area (TPSA) is 86.2 Å². The third-order valence-corrected chi connectivity index (χ3v) is 3.89. The molecular formula is C18H22FN5O. The molecule has 0 saturated heterocycles. The van der Waals surface area contributed by atoms with E-state index in [4.69, 9.17) is 9.78 Å². The van der Waals surface area contributed by atoms with Gasteiger partial charge in [0.25, 0.3) is 0 Å². The van der Waals surface area contributed by atoms with Crippen molar-refractivity contribution in [2.45, 2.75) is 39.8 Å². The molecule has 0 atom stereocenters. The van der Waals surface area contributed by atoms with Gasteiger partial charge in [0, 0.05) is 37.7 Å². The van der Waals surface area contributed by atoms with Gasteiger partial charge in [-0.1, -0.05) is 25.1 Å². The summed E-state index contributed by atoms with van der Waals surface area (Å²) in [6.07, 6.45) is 1.56. The normalized spacial score (nSPS) is 11.2. The number of benzene rings is 1. The Morgan fingerprint density at radius 3 is 2.64 bits per heavy atom. The molecule has 1 aromatic carbocycles. The molecule has 132 valence electrons. The first-order chi connectivity index (χ1) is 12.1. The van der Waals surface area contributed by atoms with Crippen LogP contribution in [0.5, 0.6) is 0 Å². The molecule has 2 aromatic rings. The summed E-state index contributed by atoms with van der Waals surface area (Å²) in [5, 5.41) is 19.1. The predicted molar refractivity (Wildman–Crippen MR) is 93.4 cm³/mol. The van der Waals surface area contributed by atoms with Gasteiger partial charge in [0.05, 0.1) is 17.3 Å². The van der Waals surface area contributed by atoms with Crippen LogP contribution in [0.1, 0.15) is 42.0 Å². The average molecular weight is 343 g/mol. The van der Waals surface area contributed by atoms with Crippen molar-refractivity contribution in [3.05, 3.63) is 52.2 Å². The van der Waals surface area contributed by atoms with Gasteiger partial charge in [-0.3, -0.25) is 4.99 Å². The summed E-state index contributed by atoms with van der Waals surface area (Å²) in [6.45, 7) is 4.85. The molecule has 0 aliphatic rings. The van der Waals surface area contributed by atoms with Crippen LogP contribution in [0.25, 0.3) is 0 Å². The Hall–Kier alpha value is -2.88. The van der Waals surface area contributed by atoms with Crippen molar-refractivity contribution in [3.63, 3.8) is 0 Å². The van der Waals surface area contributed by atoms with E-state index >= 15 is 0 Å². The fraction of sp³-hybridized carbons (Fsp3) is 0.389. The fourth-order valence-corrected chi connectivity index (χ4v) is 2.47. The highest BCUT2D eigenvalue weighted by Crippen LogP contribution is 2.15. The fourth-order valence-electron chi connectivity index (χ4n) is 2.47. The molecule has 2 N–H and O–H groups in total. The van der Waals surface area contributed by atoms with E-state index < -0.39 is 5.82 Å². The molecule has 0 spiro atoms. The summed E-state index contributed by atoms with van der Waals surface area (Å²) >= 11 is 0. The summed E-state index contributed by atoms with van der Waals surface area (Å²) in [4.78, 5) is 4.15. The highest BCUT2D eigenvalue weighted by atomic mass is 19.1. The minimum Gasteiger partial charge on any atom is -0.361 e. The Morgan fingerprint density at radius 1 is 1.28 bits per heavy atom. The Kier molecular flexibility index (Phi) is 6.52. The number of guanidine groups is 1. The summed E-state index contributed by atoms with van der Waals surface area (Å²) in [6, 6.07) is 6.33. The van der Waals surface area contributed by atoms with Gasteiger partial charge in [0.15, 0.2) is 5.96 Å². The summed E-state index contributed by atoms with van der Waals surface area (Å²) < 4.78 is 19.3. The van der Waals surface area contributed by atoms with Crippen molar-refractivity contribution < 1.29 is 8.91 Å². The number of hydrogen-bond acceptors (Lipinski definition) is 4. The van der Waals surface area contributed by atoms with Crippen molar-refractivity contribution >= 4 is 5.96 Å². The van der Waals surface area contributed by atoms with Crippen molar-refractivity contribution in [1.29, 1.82) is 5.26 Å². The maximum atomic E-state index is 13.9. The number of halogens is 1. The number of hydrogen-bond donors (Lipinski definition) is 2. The monoisotopic (exact) mass is 343 g/mol. The van der Waals surface area contributed by atoms with Crippen molar-refractivity contribution in [2.24, 2.45) is 4.99 Å². The Labute approximate surface area is 146 Å². The quantitative estimate of drug-likeness (QED) is 0.622. The van der Waals surface area contributed by atoms with Crippen LogP contribution in [-0.4, -0.2) is 18.2 Å². The summed E-state index contributed by atoms with van der Waals surface area (Å²) in [7, 11) is 1.65. The van der Waals surface area contributed by atoms with Gasteiger partial charge in [-0.25, -0.2) is 4.39 Å². The first-order valence-corrected chi connectivity index (χ1v) is 8.22. The number of aliphatic imine (C=N–C) groups is 1. The molecule has 6 nitrogen and oxygen atoms in total. The molecule has 7 heteroatoms. The van der Waals surface area contributed by atoms with Crippen LogP contribution in [-0.2, 0) is 25.9 Å². The second-order valence-corrected chi connectivity index (χ2v) is 5.44. The molecule has 0 aliphatic carbocycles. The van der Waals surface area contributed by atoms with Gasteiger partial charge in [-0.15, -0.1) is 0 Å². The van der Waals surface area contributed by atoms with Crippen LogP contribution in [0.2, 0.25) is 0 Å². The summed E-state index contributed by atoms with van der Waals surface area (Å²) in [5.41, 5.74) is 2.74. The van der Waals surface area contributed by atoms with Gasteiger partial charge in [-0.05, 0) is 18.6 Å². The van der Waals surface area contributed by atoms with Crippen LogP contribution in [0, 0.1) is 17.1 Å². The molecule has 0 saturated carbocycles. The van der Waals surface area contributed by atoms with Crippen LogP contribution >= 0.6 is 0 Å². The van der Waals surface area contributed by atoms with E-state index in [1.807, 2.05) is 19.9 Å². The largest absolute Gasteiger partial charge is 0.361 e. The molecule has 1 heterocycles. The van der Waals surface area contributed by atoms with Crippen LogP contribution in [0.4, 0.5) is 4.39 Å². The highest BCUT2D eigenvalue weighted by molar-refractivity contribution is 5.79. The van der Waals surface area contributed by atoms with Crippen LogP contribution in [0.15, 0.2) is 27.7 Å². The van der Waals surface area contributed by atoms with E-state index in [9.17, 15) is 4.39 Å².